The van der Waals surface area contributed by atoms with Crippen LogP contribution in [0.4, 0.5) is 5.69 Å². The number of hydrogen-bond acceptors (Lipinski definition) is 4. The van der Waals surface area contributed by atoms with Gasteiger partial charge in [0.05, 0.1) is 34.1 Å². The van der Waals surface area contributed by atoms with Crippen LogP contribution in [0.15, 0.2) is 53.4 Å². The molecule has 120 valence electrons. The smallest absolute Gasteiger partial charge is 0.180 e. The molecule has 0 radical (unpaired) electrons. The van der Waals surface area contributed by atoms with Gasteiger partial charge in [-0.3, -0.25) is 4.68 Å². The molecule has 0 bridgehead atoms. The number of hydrogen-bond donors (Lipinski definition) is 1. The number of aromatic nitrogens is 2. The lowest BCUT2D eigenvalue weighted by molar-refractivity contribution is 0.597. The molecule has 1 aromatic heterocycles. The van der Waals surface area contributed by atoms with Crippen LogP contribution in [-0.2, 0) is 23.4 Å². The van der Waals surface area contributed by atoms with E-state index in [9.17, 15) is 8.42 Å². The summed E-state index contributed by atoms with van der Waals surface area (Å²) in [6.45, 7) is 2.12. The van der Waals surface area contributed by atoms with Gasteiger partial charge in [0.25, 0.3) is 0 Å². The molecule has 5 nitrogen and oxygen atoms in total. The van der Waals surface area contributed by atoms with E-state index >= 15 is 0 Å². The SMILES string of the molecule is CCS(=O)(=O)c1ccccc1NCc1nn(C)c2ccccc12. The molecule has 0 aliphatic carbocycles. The third-order valence-corrected chi connectivity index (χ3v) is 5.67. The van der Waals surface area contributed by atoms with Crippen molar-refractivity contribution in [2.45, 2.75) is 18.4 Å². The summed E-state index contributed by atoms with van der Waals surface area (Å²) in [5.74, 6) is 0.0816. The zero-order chi connectivity index (χ0) is 16.4. The van der Waals surface area contributed by atoms with Gasteiger partial charge in [-0.25, -0.2) is 8.42 Å². The van der Waals surface area contributed by atoms with Crippen molar-refractivity contribution in [1.82, 2.24) is 9.78 Å². The first-order chi connectivity index (χ1) is 11.0. The molecular formula is C17H19N3O2S. The Labute approximate surface area is 135 Å². The summed E-state index contributed by atoms with van der Waals surface area (Å²) in [6, 6.07) is 15.0. The molecule has 0 saturated heterocycles. The van der Waals surface area contributed by atoms with E-state index in [1.54, 1.807) is 25.1 Å². The Bertz CT molecular complexity index is 945. The first-order valence-corrected chi connectivity index (χ1v) is 9.14. The highest BCUT2D eigenvalue weighted by Gasteiger charge is 2.16. The van der Waals surface area contributed by atoms with E-state index in [0.29, 0.717) is 17.1 Å². The summed E-state index contributed by atoms with van der Waals surface area (Å²) >= 11 is 0. The van der Waals surface area contributed by atoms with E-state index in [1.807, 2.05) is 42.1 Å². The second kappa shape index (κ2) is 6.04. The second-order valence-electron chi connectivity index (χ2n) is 5.34. The molecule has 0 fully saturated rings. The van der Waals surface area contributed by atoms with Crippen molar-refractivity contribution in [3.8, 4) is 0 Å². The maximum atomic E-state index is 12.2. The van der Waals surface area contributed by atoms with Crippen LogP contribution in [0.2, 0.25) is 0 Å². The Balaban J connectivity index is 1.92. The number of fused-ring (bicyclic) bond motifs is 1. The Morgan fingerprint density at radius 2 is 1.78 bits per heavy atom. The van der Waals surface area contributed by atoms with Crippen molar-refractivity contribution in [2.24, 2.45) is 7.05 Å². The minimum atomic E-state index is -3.26. The first kappa shape index (κ1) is 15.6. The van der Waals surface area contributed by atoms with Crippen LogP contribution in [0.5, 0.6) is 0 Å². The average Bonchev–Trinajstić information content (AvgIpc) is 2.90. The summed E-state index contributed by atoms with van der Waals surface area (Å²) in [7, 11) is -1.35. The molecule has 2 aromatic carbocycles. The fourth-order valence-corrected chi connectivity index (χ4v) is 3.71. The Morgan fingerprint density at radius 3 is 2.57 bits per heavy atom. The summed E-state index contributed by atoms with van der Waals surface area (Å²) in [5.41, 5.74) is 2.56. The number of nitrogens with zero attached hydrogens (tertiary/aromatic N) is 2. The van der Waals surface area contributed by atoms with E-state index in [2.05, 4.69) is 10.4 Å². The standard InChI is InChI=1S/C17H19N3O2S/c1-3-23(21,22)17-11-7-5-9-14(17)18-12-15-13-8-4-6-10-16(13)20(2)19-15/h4-11,18H,3,12H2,1-2H3. The predicted octanol–water partition coefficient (Wildman–Crippen LogP) is 2.98. The highest BCUT2D eigenvalue weighted by Crippen LogP contribution is 2.24. The molecule has 0 saturated carbocycles. The van der Waals surface area contributed by atoms with Crippen LogP contribution in [-0.4, -0.2) is 24.0 Å². The van der Waals surface area contributed by atoms with E-state index in [0.717, 1.165) is 16.6 Å². The Morgan fingerprint density at radius 1 is 1.09 bits per heavy atom. The number of nitrogens with one attached hydrogen (secondary N) is 1. The first-order valence-electron chi connectivity index (χ1n) is 7.49. The number of sulfone groups is 1. The lowest BCUT2D eigenvalue weighted by Crippen LogP contribution is -2.09. The van der Waals surface area contributed by atoms with Gasteiger partial charge in [0, 0.05) is 12.4 Å². The van der Waals surface area contributed by atoms with Gasteiger partial charge in [-0.2, -0.15) is 5.10 Å². The number of aryl methyl sites for hydroxylation is 1. The second-order valence-corrected chi connectivity index (χ2v) is 7.59. The van der Waals surface area contributed by atoms with Gasteiger partial charge in [-0.1, -0.05) is 37.3 Å². The number of para-hydroxylation sites is 2. The third-order valence-electron chi connectivity index (χ3n) is 3.88. The van der Waals surface area contributed by atoms with E-state index in [-0.39, 0.29) is 5.75 Å². The van der Waals surface area contributed by atoms with Crippen LogP contribution >= 0.6 is 0 Å². The lowest BCUT2D eigenvalue weighted by Gasteiger charge is -2.11. The van der Waals surface area contributed by atoms with E-state index in [1.165, 1.54) is 0 Å². The highest BCUT2D eigenvalue weighted by molar-refractivity contribution is 7.91. The predicted molar refractivity (Wildman–Crippen MR) is 92.2 cm³/mol. The van der Waals surface area contributed by atoms with Crippen molar-refractivity contribution in [3.05, 3.63) is 54.2 Å². The molecule has 3 aromatic rings. The fraction of sp³-hybridized carbons (Fsp3) is 0.235. The van der Waals surface area contributed by atoms with Gasteiger partial charge in [0.2, 0.25) is 0 Å². The summed E-state index contributed by atoms with van der Waals surface area (Å²) in [4.78, 5) is 0.336. The topological polar surface area (TPSA) is 64.0 Å². The van der Waals surface area contributed by atoms with Crippen molar-refractivity contribution in [3.63, 3.8) is 0 Å². The van der Waals surface area contributed by atoms with Crippen LogP contribution in [0.1, 0.15) is 12.6 Å². The van der Waals surface area contributed by atoms with Crippen molar-refractivity contribution in [2.75, 3.05) is 11.1 Å². The van der Waals surface area contributed by atoms with Gasteiger partial charge in [0.15, 0.2) is 9.84 Å². The monoisotopic (exact) mass is 329 g/mol. The van der Waals surface area contributed by atoms with Gasteiger partial charge in [-0.05, 0) is 18.2 Å². The van der Waals surface area contributed by atoms with Crippen molar-refractivity contribution < 1.29 is 8.42 Å². The molecule has 0 unspecified atom stereocenters. The summed E-state index contributed by atoms with van der Waals surface area (Å²) in [5, 5.41) is 8.81. The number of anilines is 1. The summed E-state index contributed by atoms with van der Waals surface area (Å²) in [6.07, 6.45) is 0. The molecule has 1 heterocycles. The highest BCUT2D eigenvalue weighted by atomic mass is 32.2. The molecule has 0 aliphatic rings. The van der Waals surface area contributed by atoms with Gasteiger partial charge < -0.3 is 5.32 Å². The Kier molecular flexibility index (Phi) is 4.09. The van der Waals surface area contributed by atoms with Gasteiger partial charge >= 0.3 is 0 Å². The van der Waals surface area contributed by atoms with E-state index in [4.69, 9.17) is 0 Å². The fourth-order valence-electron chi connectivity index (χ4n) is 2.64. The number of benzene rings is 2. The largest absolute Gasteiger partial charge is 0.378 e. The Hall–Kier alpha value is -2.34. The van der Waals surface area contributed by atoms with Gasteiger partial charge in [-0.15, -0.1) is 0 Å². The lowest BCUT2D eigenvalue weighted by atomic mass is 10.2. The maximum Gasteiger partial charge on any atom is 0.180 e. The van der Waals surface area contributed by atoms with Crippen LogP contribution in [0.25, 0.3) is 10.9 Å². The van der Waals surface area contributed by atoms with Gasteiger partial charge in [0.1, 0.15) is 0 Å². The quantitative estimate of drug-likeness (QED) is 0.781. The minimum absolute atomic E-state index is 0.0816. The molecule has 1 N–H and O–H groups in total. The van der Waals surface area contributed by atoms with Crippen LogP contribution in [0, 0.1) is 0 Å². The molecule has 23 heavy (non-hydrogen) atoms. The maximum absolute atomic E-state index is 12.2. The number of rotatable bonds is 5. The van der Waals surface area contributed by atoms with Crippen molar-refractivity contribution in [1.29, 1.82) is 0 Å². The molecule has 0 aliphatic heterocycles. The summed E-state index contributed by atoms with van der Waals surface area (Å²) < 4.78 is 26.2. The zero-order valence-corrected chi connectivity index (χ0v) is 14.0. The molecular weight excluding hydrogens is 310 g/mol. The third kappa shape index (κ3) is 2.94. The molecule has 3 rings (SSSR count). The normalized spacial score (nSPS) is 11.7. The molecule has 0 atom stereocenters. The zero-order valence-electron chi connectivity index (χ0n) is 13.2. The van der Waals surface area contributed by atoms with Crippen molar-refractivity contribution >= 4 is 26.4 Å². The molecule has 0 spiro atoms. The van der Waals surface area contributed by atoms with Crippen LogP contribution in [0.3, 0.4) is 0 Å². The van der Waals surface area contributed by atoms with Crippen LogP contribution < -0.4 is 5.32 Å². The average molecular weight is 329 g/mol. The molecule has 6 heteroatoms. The molecule has 0 amide bonds. The minimum Gasteiger partial charge on any atom is -0.378 e. The van der Waals surface area contributed by atoms with E-state index < -0.39 is 9.84 Å².